The molecular formula is C17H22N2O5S. The lowest BCUT2D eigenvalue weighted by Crippen LogP contribution is -2.47. The highest BCUT2D eigenvalue weighted by molar-refractivity contribution is 8.00. The van der Waals surface area contributed by atoms with Crippen molar-refractivity contribution >= 4 is 29.3 Å². The third-order valence-corrected chi connectivity index (χ3v) is 5.49. The van der Waals surface area contributed by atoms with E-state index in [9.17, 15) is 19.7 Å². The third kappa shape index (κ3) is 4.31. The Balaban J connectivity index is 2.31. The number of benzene rings is 1. The van der Waals surface area contributed by atoms with E-state index < -0.39 is 16.9 Å². The zero-order chi connectivity index (χ0) is 18.6. The number of amides is 1. The molecule has 0 aliphatic carbocycles. The van der Waals surface area contributed by atoms with Gasteiger partial charge in [-0.1, -0.05) is 26.8 Å². The minimum absolute atomic E-state index is 0.136. The van der Waals surface area contributed by atoms with E-state index in [0.29, 0.717) is 18.8 Å². The van der Waals surface area contributed by atoms with Crippen LogP contribution < -0.4 is 0 Å². The number of thioether (sulfide) groups is 1. The Labute approximate surface area is 150 Å². The molecular weight excluding hydrogens is 344 g/mol. The number of hydrogen-bond acceptors (Lipinski definition) is 6. The fourth-order valence-electron chi connectivity index (χ4n) is 2.68. The number of carbonyl (C=O) groups is 2. The van der Waals surface area contributed by atoms with Crippen LogP contribution >= 0.6 is 11.8 Å². The molecule has 1 aromatic carbocycles. The first-order chi connectivity index (χ1) is 11.9. The van der Waals surface area contributed by atoms with Gasteiger partial charge in [0, 0.05) is 23.4 Å². The van der Waals surface area contributed by atoms with Crippen molar-refractivity contribution in [3.05, 3.63) is 39.9 Å². The average molecular weight is 366 g/mol. The molecule has 0 saturated carbocycles. The Bertz CT molecular complexity index is 664. The van der Waals surface area contributed by atoms with Crippen molar-refractivity contribution in [3.8, 4) is 0 Å². The van der Waals surface area contributed by atoms with Gasteiger partial charge in [-0.15, -0.1) is 11.8 Å². The summed E-state index contributed by atoms with van der Waals surface area (Å²) in [4.78, 5) is 37.3. The lowest BCUT2D eigenvalue weighted by molar-refractivity contribution is -0.384. The summed E-state index contributed by atoms with van der Waals surface area (Å²) in [5, 5.41) is 10.8. The second kappa shape index (κ2) is 8.33. The van der Waals surface area contributed by atoms with Crippen LogP contribution in [-0.2, 0) is 9.53 Å². The number of esters is 1. The summed E-state index contributed by atoms with van der Waals surface area (Å²) in [6.07, 6.45) is 0.706. The summed E-state index contributed by atoms with van der Waals surface area (Å²) in [6, 6.07) is 4.92. The molecule has 0 radical (unpaired) electrons. The fourth-order valence-corrected chi connectivity index (χ4v) is 4.14. The zero-order valence-electron chi connectivity index (χ0n) is 14.5. The van der Waals surface area contributed by atoms with Gasteiger partial charge in [0.2, 0.25) is 0 Å². The quantitative estimate of drug-likeness (QED) is 0.437. The summed E-state index contributed by atoms with van der Waals surface area (Å²) in [7, 11) is 0. The van der Waals surface area contributed by atoms with Gasteiger partial charge in [-0.2, -0.15) is 0 Å². The maximum Gasteiger partial charge on any atom is 0.329 e. The van der Waals surface area contributed by atoms with Crippen LogP contribution in [0.4, 0.5) is 5.69 Å². The monoisotopic (exact) mass is 366 g/mol. The third-order valence-electron chi connectivity index (χ3n) is 3.86. The molecule has 136 valence electrons. The van der Waals surface area contributed by atoms with E-state index in [1.807, 2.05) is 20.8 Å². The van der Waals surface area contributed by atoms with Gasteiger partial charge in [0.05, 0.1) is 16.9 Å². The van der Waals surface area contributed by atoms with Gasteiger partial charge in [-0.05, 0) is 18.4 Å². The number of ether oxygens (including phenoxy) is 1. The van der Waals surface area contributed by atoms with Crippen molar-refractivity contribution in [2.75, 3.05) is 12.4 Å². The second-order valence-corrected chi connectivity index (χ2v) is 7.32. The van der Waals surface area contributed by atoms with Crippen LogP contribution in [0.1, 0.15) is 37.6 Å². The summed E-state index contributed by atoms with van der Waals surface area (Å²) in [5.74, 6) is -0.203. The molecule has 2 atom stereocenters. The highest BCUT2D eigenvalue weighted by atomic mass is 32.2. The molecule has 1 aliphatic heterocycles. The first-order valence-corrected chi connectivity index (χ1v) is 9.27. The number of carbonyl (C=O) groups excluding carboxylic acids is 2. The smallest absolute Gasteiger partial charge is 0.329 e. The number of hydrogen-bond donors (Lipinski definition) is 0. The van der Waals surface area contributed by atoms with Crippen LogP contribution in [0.15, 0.2) is 24.3 Å². The lowest BCUT2D eigenvalue weighted by atomic mass is 10.1. The van der Waals surface area contributed by atoms with Crippen LogP contribution in [0.5, 0.6) is 0 Å². The maximum absolute atomic E-state index is 13.0. The number of nitrogens with zero attached hydrogens (tertiary/aromatic N) is 2. The van der Waals surface area contributed by atoms with Crippen molar-refractivity contribution in [2.45, 2.75) is 38.6 Å². The highest BCUT2D eigenvalue weighted by Gasteiger charge is 2.44. The molecule has 8 heteroatoms. The van der Waals surface area contributed by atoms with E-state index in [4.69, 9.17) is 4.74 Å². The first kappa shape index (κ1) is 19.2. The predicted molar refractivity (Wildman–Crippen MR) is 95.4 cm³/mol. The van der Waals surface area contributed by atoms with Gasteiger partial charge in [-0.25, -0.2) is 4.79 Å². The normalized spacial score (nSPS) is 19.9. The minimum Gasteiger partial charge on any atom is -0.464 e. The van der Waals surface area contributed by atoms with Crippen molar-refractivity contribution in [3.63, 3.8) is 0 Å². The first-order valence-electron chi connectivity index (χ1n) is 8.22. The van der Waals surface area contributed by atoms with E-state index in [2.05, 4.69) is 0 Å². The molecule has 7 nitrogen and oxygen atoms in total. The Morgan fingerprint density at radius 2 is 2.16 bits per heavy atom. The largest absolute Gasteiger partial charge is 0.464 e. The van der Waals surface area contributed by atoms with Gasteiger partial charge in [0.1, 0.15) is 6.04 Å². The van der Waals surface area contributed by atoms with Crippen LogP contribution in [0.2, 0.25) is 0 Å². The molecule has 1 heterocycles. The Kier molecular flexibility index (Phi) is 6.41. The summed E-state index contributed by atoms with van der Waals surface area (Å²) < 4.78 is 5.23. The standard InChI is InChI=1S/C17H22N2O5S/c1-4-8-24-17(21)14-10-25-16(11(2)3)18(14)15(20)12-6-5-7-13(9-12)19(22)23/h5-7,9,11,14,16H,4,8,10H2,1-3H3. The molecule has 1 amide bonds. The van der Waals surface area contributed by atoms with E-state index in [1.165, 1.54) is 40.9 Å². The summed E-state index contributed by atoms with van der Waals surface area (Å²) in [6.45, 7) is 6.17. The van der Waals surface area contributed by atoms with Crippen molar-refractivity contribution in [2.24, 2.45) is 5.92 Å². The SMILES string of the molecule is CCCOC(=O)C1CSC(C(C)C)N1C(=O)c1cccc([N+](=O)[O-])c1. The Morgan fingerprint density at radius 3 is 2.76 bits per heavy atom. The van der Waals surface area contributed by atoms with Crippen molar-refractivity contribution < 1.29 is 19.2 Å². The predicted octanol–water partition coefficient (Wildman–Crippen LogP) is 3.09. The van der Waals surface area contributed by atoms with Crippen molar-refractivity contribution in [1.29, 1.82) is 0 Å². The van der Waals surface area contributed by atoms with Crippen LogP contribution in [-0.4, -0.2) is 45.5 Å². The summed E-state index contributed by atoms with van der Waals surface area (Å²) >= 11 is 1.53. The second-order valence-electron chi connectivity index (χ2n) is 6.17. The van der Waals surface area contributed by atoms with Crippen molar-refractivity contribution in [1.82, 2.24) is 4.90 Å². The molecule has 2 unspecified atom stereocenters. The van der Waals surface area contributed by atoms with Gasteiger partial charge < -0.3 is 9.64 Å². The fraction of sp³-hybridized carbons (Fsp3) is 0.529. The van der Waals surface area contributed by atoms with Crippen LogP contribution in [0.3, 0.4) is 0 Å². The molecule has 1 aromatic rings. The number of rotatable bonds is 6. The van der Waals surface area contributed by atoms with Gasteiger partial charge in [0.25, 0.3) is 11.6 Å². The molecule has 0 spiro atoms. The molecule has 0 bridgehead atoms. The minimum atomic E-state index is -0.671. The van der Waals surface area contributed by atoms with E-state index in [1.54, 1.807) is 0 Å². The van der Waals surface area contributed by atoms with Gasteiger partial charge in [-0.3, -0.25) is 14.9 Å². The number of non-ortho nitro benzene ring substituents is 1. The lowest BCUT2D eigenvalue weighted by Gasteiger charge is -2.30. The molecule has 1 saturated heterocycles. The molecule has 0 N–H and O–H groups in total. The van der Waals surface area contributed by atoms with Crippen LogP contribution in [0.25, 0.3) is 0 Å². The zero-order valence-corrected chi connectivity index (χ0v) is 15.3. The highest BCUT2D eigenvalue weighted by Crippen LogP contribution is 2.36. The van der Waals surface area contributed by atoms with Gasteiger partial charge >= 0.3 is 5.97 Å². The summed E-state index contributed by atoms with van der Waals surface area (Å²) in [5.41, 5.74) is 0.0551. The van der Waals surface area contributed by atoms with Gasteiger partial charge in [0.15, 0.2) is 0 Å². The van der Waals surface area contributed by atoms with E-state index in [0.717, 1.165) is 0 Å². The average Bonchev–Trinajstić information content (AvgIpc) is 3.04. The van der Waals surface area contributed by atoms with Crippen LogP contribution in [0, 0.1) is 16.0 Å². The molecule has 2 rings (SSSR count). The molecule has 1 aliphatic rings. The Hall–Kier alpha value is -2.09. The molecule has 0 aromatic heterocycles. The molecule has 1 fully saturated rings. The topological polar surface area (TPSA) is 89.8 Å². The Morgan fingerprint density at radius 1 is 1.44 bits per heavy atom. The maximum atomic E-state index is 13.0. The van der Waals surface area contributed by atoms with E-state index in [-0.39, 0.29) is 28.4 Å². The molecule has 25 heavy (non-hydrogen) atoms. The number of nitro benzene ring substituents is 1. The number of nitro groups is 1. The van der Waals surface area contributed by atoms with E-state index >= 15 is 0 Å².